The zero-order valence-corrected chi connectivity index (χ0v) is 17.9. The van der Waals surface area contributed by atoms with E-state index in [1.165, 1.54) is 28.1 Å². The molecule has 2 aromatic rings. The van der Waals surface area contributed by atoms with E-state index in [-0.39, 0.29) is 0 Å². The molecule has 4 nitrogen and oxygen atoms in total. The molecule has 0 aliphatic carbocycles. The van der Waals surface area contributed by atoms with Crippen LogP contribution < -0.4 is 9.80 Å². The van der Waals surface area contributed by atoms with Gasteiger partial charge >= 0.3 is 0 Å². The lowest BCUT2D eigenvalue weighted by Crippen LogP contribution is -2.36. The van der Waals surface area contributed by atoms with Crippen LogP contribution in [0.15, 0.2) is 66.8 Å². The Hall–Kier alpha value is -2.56. The summed E-state index contributed by atoms with van der Waals surface area (Å²) in [5, 5.41) is 0. The number of hydrogen-bond acceptors (Lipinski definition) is 4. The van der Waals surface area contributed by atoms with Crippen LogP contribution >= 0.6 is 0 Å². The number of ether oxygens (including phenoxy) is 2. The number of anilines is 2. The minimum Gasteiger partial charge on any atom is -0.378 e. The van der Waals surface area contributed by atoms with E-state index in [4.69, 9.17) is 9.47 Å². The molecular weight excluding hydrogens is 372 g/mol. The molecule has 0 spiro atoms. The lowest BCUT2D eigenvalue weighted by molar-refractivity contribution is 0.122. The van der Waals surface area contributed by atoms with E-state index < -0.39 is 0 Å². The predicted molar refractivity (Wildman–Crippen MR) is 125 cm³/mol. The van der Waals surface area contributed by atoms with E-state index in [0.29, 0.717) is 0 Å². The Morgan fingerprint density at radius 1 is 0.733 bits per heavy atom. The standard InChI is InChI=1S/C26H32N2O2/c1-2-3-4-5-26(22-6-10-24(11-7-22)27-14-18-29-19-15-27)23-8-12-25(13-9-23)28-16-20-30-21-17-28/h3-13H,2,14-21H2,1H3/b4-3+. The van der Waals surface area contributed by atoms with Crippen molar-refractivity contribution in [2.24, 2.45) is 0 Å². The summed E-state index contributed by atoms with van der Waals surface area (Å²) < 4.78 is 11.0. The average Bonchev–Trinajstić information content (AvgIpc) is 2.83. The van der Waals surface area contributed by atoms with E-state index in [9.17, 15) is 0 Å². The van der Waals surface area contributed by atoms with Crippen LogP contribution in [0, 0.1) is 0 Å². The number of allylic oxidation sites excluding steroid dienone is 3. The maximum atomic E-state index is 5.48. The van der Waals surface area contributed by atoms with Gasteiger partial charge in [-0.1, -0.05) is 49.4 Å². The van der Waals surface area contributed by atoms with Gasteiger partial charge in [0.15, 0.2) is 0 Å². The fraction of sp³-hybridized carbons (Fsp3) is 0.385. The second-order valence-electron chi connectivity index (χ2n) is 7.71. The van der Waals surface area contributed by atoms with Crippen molar-refractivity contribution in [1.29, 1.82) is 0 Å². The molecule has 158 valence electrons. The molecule has 0 saturated carbocycles. The third-order valence-corrected chi connectivity index (χ3v) is 5.74. The Morgan fingerprint density at radius 3 is 1.57 bits per heavy atom. The second kappa shape index (κ2) is 10.5. The van der Waals surface area contributed by atoms with Crippen molar-refractivity contribution in [1.82, 2.24) is 0 Å². The first-order valence-electron chi connectivity index (χ1n) is 11.1. The van der Waals surface area contributed by atoms with Crippen molar-refractivity contribution in [3.05, 3.63) is 77.9 Å². The Labute approximate surface area is 180 Å². The van der Waals surface area contributed by atoms with Gasteiger partial charge in [-0.2, -0.15) is 0 Å². The third kappa shape index (κ3) is 5.13. The zero-order valence-electron chi connectivity index (χ0n) is 17.9. The van der Waals surface area contributed by atoms with Crippen molar-refractivity contribution >= 4 is 16.9 Å². The van der Waals surface area contributed by atoms with Gasteiger partial charge in [0.25, 0.3) is 0 Å². The van der Waals surface area contributed by atoms with E-state index >= 15 is 0 Å². The fourth-order valence-corrected chi connectivity index (χ4v) is 4.01. The highest BCUT2D eigenvalue weighted by Crippen LogP contribution is 2.28. The molecule has 0 unspecified atom stereocenters. The van der Waals surface area contributed by atoms with Crippen molar-refractivity contribution in [2.45, 2.75) is 13.3 Å². The van der Waals surface area contributed by atoms with Gasteiger partial charge in [0.05, 0.1) is 26.4 Å². The highest BCUT2D eigenvalue weighted by Gasteiger charge is 2.13. The summed E-state index contributed by atoms with van der Waals surface area (Å²) in [6.45, 7) is 9.25. The maximum absolute atomic E-state index is 5.48. The third-order valence-electron chi connectivity index (χ3n) is 5.74. The van der Waals surface area contributed by atoms with E-state index in [1.807, 2.05) is 0 Å². The topological polar surface area (TPSA) is 24.9 Å². The smallest absolute Gasteiger partial charge is 0.0642 e. The quantitative estimate of drug-likeness (QED) is 0.648. The summed E-state index contributed by atoms with van der Waals surface area (Å²) in [6.07, 6.45) is 7.64. The van der Waals surface area contributed by atoms with Crippen LogP contribution in [0.3, 0.4) is 0 Å². The van der Waals surface area contributed by atoms with Crippen LogP contribution in [-0.2, 0) is 9.47 Å². The molecule has 2 aliphatic heterocycles. The van der Waals surface area contributed by atoms with Gasteiger partial charge in [-0.15, -0.1) is 0 Å². The summed E-state index contributed by atoms with van der Waals surface area (Å²) in [4.78, 5) is 4.79. The van der Waals surface area contributed by atoms with Crippen LogP contribution in [0.5, 0.6) is 0 Å². The number of hydrogen-bond donors (Lipinski definition) is 0. The van der Waals surface area contributed by atoms with Gasteiger partial charge in [0.2, 0.25) is 0 Å². The molecule has 4 heteroatoms. The molecular formula is C26H32N2O2. The van der Waals surface area contributed by atoms with Gasteiger partial charge in [-0.3, -0.25) is 0 Å². The largest absolute Gasteiger partial charge is 0.378 e. The molecule has 30 heavy (non-hydrogen) atoms. The van der Waals surface area contributed by atoms with Crippen LogP contribution in [0.1, 0.15) is 24.5 Å². The normalized spacial score (nSPS) is 17.4. The van der Waals surface area contributed by atoms with Crippen molar-refractivity contribution in [3.63, 3.8) is 0 Å². The number of rotatable bonds is 6. The summed E-state index contributed by atoms with van der Waals surface area (Å²) in [7, 11) is 0. The summed E-state index contributed by atoms with van der Waals surface area (Å²) in [5.74, 6) is 0. The van der Waals surface area contributed by atoms with Crippen molar-refractivity contribution in [3.8, 4) is 0 Å². The van der Waals surface area contributed by atoms with Crippen LogP contribution in [0.4, 0.5) is 11.4 Å². The SMILES string of the molecule is CC/C=C/C=C(c1ccc(N2CCOCC2)cc1)c1ccc(N2CCOCC2)cc1. The minimum atomic E-state index is 0.810. The molecule has 0 atom stereocenters. The van der Waals surface area contributed by atoms with E-state index in [2.05, 4.69) is 83.5 Å². The van der Waals surface area contributed by atoms with Gasteiger partial charge in [-0.05, 0) is 47.4 Å². The van der Waals surface area contributed by atoms with Crippen molar-refractivity contribution < 1.29 is 9.47 Å². The molecule has 0 bridgehead atoms. The molecule has 0 radical (unpaired) electrons. The Balaban J connectivity index is 1.57. The second-order valence-corrected chi connectivity index (χ2v) is 7.71. The predicted octanol–water partition coefficient (Wildman–Crippen LogP) is 4.76. The Morgan fingerprint density at radius 2 is 1.17 bits per heavy atom. The maximum Gasteiger partial charge on any atom is 0.0642 e. The van der Waals surface area contributed by atoms with Gasteiger partial charge < -0.3 is 19.3 Å². The molecule has 0 aromatic heterocycles. The number of benzene rings is 2. The monoisotopic (exact) mass is 404 g/mol. The first-order valence-corrected chi connectivity index (χ1v) is 11.1. The number of nitrogens with zero attached hydrogens (tertiary/aromatic N) is 2. The first kappa shape index (κ1) is 20.7. The summed E-state index contributed by atoms with van der Waals surface area (Å²) in [6, 6.07) is 17.9. The molecule has 2 aliphatic rings. The van der Waals surface area contributed by atoms with Gasteiger partial charge in [0.1, 0.15) is 0 Å². The Bertz CT molecular complexity index is 780. The van der Waals surface area contributed by atoms with Crippen LogP contribution in [0.2, 0.25) is 0 Å². The molecule has 2 aromatic carbocycles. The van der Waals surface area contributed by atoms with Gasteiger partial charge in [0, 0.05) is 37.6 Å². The molecule has 2 saturated heterocycles. The molecule has 2 fully saturated rings. The minimum absolute atomic E-state index is 0.810. The van der Waals surface area contributed by atoms with Crippen molar-refractivity contribution in [2.75, 3.05) is 62.4 Å². The number of morpholine rings is 2. The van der Waals surface area contributed by atoms with Crippen LogP contribution in [-0.4, -0.2) is 52.6 Å². The van der Waals surface area contributed by atoms with E-state index in [0.717, 1.165) is 59.0 Å². The zero-order chi connectivity index (χ0) is 20.6. The fourth-order valence-electron chi connectivity index (χ4n) is 4.01. The Kier molecular flexibility index (Phi) is 7.22. The summed E-state index contributed by atoms with van der Waals surface area (Å²) in [5.41, 5.74) is 6.28. The highest BCUT2D eigenvalue weighted by atomic mass is 16.5. The first-order chi connectivity index (χ1) is 14.8. The average molecular weight is 405 g/mol. The van der Waals surface area contributed by atoms with Gasteiger partial charge in [-0.25, -0.2) is 0 Å². The van der Waals surface area contributed by atoms with E-state index in [1.54, 1.807) is 0 Å². The molecule has 4 rings (SSSR count). The molecule has 2 heterocycles. The molecule has 0 N–H and O–H groups in total. The summed E-state index contributed by atoms with van der Waals surface area (Å²) >= 11 is 0. The lowest BCUT2D eigenvalue weighted by Gasteiger charge is -2.29. The van der Waals surface area contributed by atoms with Crippen LogP contribution in [0.25, 0.3) is 5.57 Å². The molecule has 0 amide bonds. The highest BCUT2D eigenvalue weighted by molar-refractivity contribution is 5.82. The lowest BCUT2D eigenvalue weighted by atomic mass is 9.96.